The minimum Gasteiger partial charge on any atom is -0.393 e. The van der Waals surface area contributed by atoms with Gasteiger partial charge in [0.15, 0.2) is 0 Å². The van der Waals surface area contributed by atoms with Gasteiger partial charge in [0, 0.05) is 6.04 Å². The molecule has 1 aliphatic carbocycles. The molecule has 1 fully saturated rings. The van der Waals surface area contributed by atoms with E-state index in [1.165, 1.54) is 0 Å². The van der Waals surface area contributed by atoms with Crippen molar-refractivity contribution in [2.75, 3.05) is 0 Å². The van der Waals surface area contributed by atoms with Gasteiger partial charge in [0.2, 0.25) is 0 Å². The molecule has 0 radical (unpaired) electrons. The second-order valence-electron chi connectivity index (χ2n) is 2.58. The summed E-state index contributed by atoms with van der Waals surface area (Å²) in [7, 11) is 0. The first-order valence-corrected chi connectivity index (χ1v) is 3.22. The molecule has 3 N–H and O–H groups in total. The molecule has 0 aromatic carbocycles. The molecular weight excluding hydrogens is 138 g/mol. The van der Waals surface area contributed by atoms with E-state index in [-0.39, 0.29) is 24.6 Å². The summed E-state index contributed by atoms with van der Waals surface area (Å²) in [6, 6.07) is 0.263. The molecule has 0 heterocycles. The molecule has 0 saturated heterocycles. The zero-order valence-corrected chi connectivity index (χ0v) is 6.23. The third-order valence-corrected chi connectivity index (χ3v) is 1.69. The first-order chi connectivity index (χ1) is 3.79. The van der Waals surface area contributed by atoms with Crippen LogP contribution >= 0.6 is 12.4 Å². The molecule has 0 aliphatic heterocycles. The predicted molar refractivity (Wildman–Crippen MR) is 39.7 cm³/mol. The second-order valence-corrected chi connectivity index (χ2v) is 2.58. The largest absolute Gasteiger partial charge is 0.393 e. The average Bonchev–Trinajstić information content (AvgIpc) is 1.64. The summed E-state index contributed by atoms with van der Waals surface area (Å²) in [6.07, 6.45) is 3.84. The number of halogens is 1. The molecule has 2 nitrogen and oxygen atoms in total. The van der Waals surface area contributed by atoms with Gasteiger partial charge in [0.25, 0.3) is 0 Å². The van der Waals surface area contributed by atoms with Gasteiger partial charge < -0.3 is 10.8 Å². The van der Waals surface area contributed by atoms with Crippen LogP contribution < -0.4 is 5.73 Å². The Morgan fingerprint density at radius 1 is 1.33 bits per heavy atom. The molecule has 2 unspecified atom stereocenters. The SMILES string of the molecule is Cl.NC1CCCC(O)C1. The Hall–Kier alpha value is 0.210. The van der Waals surface area contributed by atoms with Gasteiger partial charge >= 0.3 is 0 Å². The number of aliphatic hydroxyl groups is 1. The van der Waals surface area contributed by atoms with Crippen LogP contribution in [-0.2, 0) is 0 Å². The van der Waals surface area contributed by atoms with Crippen LogP contribution in [0.15, 0.2) is 0 Å². The highest BCUT2D eigenvalue weighted by molar-refractivity contribution is 5.85. The number of hydrogen-bond donors (Lipinski definition) is 2. The Morgan fingerprint density at radius 3 is 2.33 bits per heavy atom. The Morgan fingerprint density at radius 2 is 2.00 bits per heavy atom. The quantitative estimate of drug-likeness (QED) is 0.535. The van der Waals surface area contributed by atoms with Crippen molar-refractivity contribution in [2.24, 2.45) is 5.73 Å². The monoisotopic (exact) mass is 151 g/mol. The van der Waals surface area contributed by atoms with Crippen LogP contribution in [0.4, 0.5) is 0 Å². The van der Waals surface area contributed by atoms with Crippen LogP contribution in [0.3, 0.4) is 0 Å². The number of hydrogen-bond acceptors (Lipinski definition) is 2. The standard InChI is InChI=1S/C6H13NO.ClH/c7-5-2-1-3-6(8)4-5;/h5-6,8H,1-4,7H2;1H. The molecule has 9 heavy (non-hydrogen) atoms. The number of rotatable bonds is 0. The van der Waals surface area contributed by atoms with Gasteiger partial charge in [-0.3, -0.25) is 0 Å². The van der Waals surface area contributed by atoms with Crippen molar-refractivity contribution >= 4 is 12.4 Å². The number of aliphatic hydroxyl groups excluding tert-OH is 1. The van der Waals surface area contributed by atoms with Crippen molar-refractivity contribution in [1.29, 1.82) is 0 Å². The maximum atomic E-state index is 9.00. The fraction of sp³-hybridized carbons (Fsp3) is 1.00. The molecule has 0 aromatic heterocycles. The van der Waals surface area contributed by atoms with E-state index < -0.39 is 0 Å². The molecule has 56 valence electrons. The minimum atomic E-state index is -0.112. The number of nitrogens with two attached hydrogens (primary N) is 1. The van der Waals surface area contributed by atoms with E-state index in [0.717, 1.165) is 25.7 Å². The molecular formula is C6H14ClNO. The third kappa shape index (κ3) is 3.04. The van der Waals surface area contributed by atoms with E-state index >= 15 is 0 Å². The average molecular weight is 152 g/mol. The summed E-state index contributed by atoms with van der Waals surface area (Å²) in [6.45, 7) is 0. The highest BCUT2D eigenvalue weighted by Crippen LogP contribution is 2.15. The third-order valence-electron chi connectivity index (χ3n) is 1.69. The van der Waals surface area contributed by atoms with Crippen LogP contribution in [0.1, 0.15) is 25.7 Å². The van der Waals surface area contributed by atoms with Crippen LogP contribution in [0.5, 0.6) is 0 Å². The normalized spacial score (nSPS) is 35.3. The first-order valence-electron chi connectivity index (χ1n) is 3.22. The van der Waals surface area contributed by atoms with E-state index in [9.17, 15) is 0 Å². The lowest BCUT2D eigenvalue weighted by atomic mass is 9.94. The second kappa shape index (κ2) is 4.09. The fourth-order valence-corrected chi connectivity index (χ4v) is 1.20. The predicted octanol–water partition coefficient (Wildman–Crippen LogP) is 0.670. The Balaban J connectivity index is 0.000000640. The molecule has 0 spiro atoms. The van der Waals surface area contributed by atoms with Gasteiger partial charge in [-0.15, -0.1) is 12.4 Å². The Labute approximate surface area is 61.8 Å². The van der Waals surface area contributed by atoms with Crippen molar-refractivity contribution < 1.29 is 5.11 Å². The topological polar surface area (TPSA) is 46.2 Å². The van der Waals surface area contributed by atoms with Gasteiger partial charge in [-0.05, 0) is 25.7 Å². The molecule has 0 bridgehead atoms. The van der Waals surface area contributed by atoms with E-state index in [1.807, 2.05) is 0 Å². The zero-order chi connectivity index (χ0) is 5.98. The summed E-state index contributed by atoms with van der Waals surface area (Å²) >= 11 is 0. The molecule has 0 amide bonds. The summed E-state index contributed by atoms with van der Waals surface area (Å²) in [5.74, 6) is 0. The van der Waals surface area contributed by atoms with Crippen molar-refractivity contribution in [3.05, 3.63) is 0 Å². The minimum absolute atomic E-state index is 0. The molecule has 3 heteroatoms. The van der Waals surface area contributed by atoms with Gasteiger partial charge in [0.1, 0.15) is 0 Å². The van der Waals surface area contributed by atoms with E-state index in [2.05, 4.69) is 0 Å². The Kier molecular flexibility index (Phi) is 4.19. The van der Waals surface area contributed by atoms with Crippen LogP contribution in [0, 0.1) is 0 Å². The molecule has 2 atom stereocenters. The lowest BCUT2D eigenvalue weighted by molar-refractivity contribution is 0.120. The summed E-state index contributed by atoms with van der Waals surface area (Å²) < 4.78 is 0. The van der Waals surface area contributed by atoms with Crippen LogP contribution in [0.2, 0.25) is 0 Å². The maximum absolute atomic E-state index is 9.00. The van der Waals surface area contributed by atoms with Crippen molar-refractivity contribution in [2.45, 2.75) is 37.8 Å². The van der Waals surface area contributed by atoms with E-state index in [0.29, 0.717) is 0 Å². The van der Waals surface area contributed by atoms with Crippen LogP contribution in [-0.4, -0.2) is 17.3 Å². The van der Waals surface area contributed by atoms with Gasteiger partial charge in [0.05, 0.1) is 6.10 Å². The lowest BCUT2D eigenvalue weighted by Crippen LogP contribution is -2.30. The highest BCUT2D eigenvalue weighted by Gasteiger charge is 2.15. The van der Waals surface area contributed by atoms with Gasteiger partial charge in [-0.2, -0.15) is 0 Å². The fourth-order valence-electron chi connectivity index (χ4n) is 1.20. The lowest BCUT2D eigenvalue weighted by Gasteiger charge is -2.21. The zero-order valence-electron chi connectivity index (χ0n) is 5.42. The molecule has 0 aromatic rings. The summed E-state index contributed by atoms with van der Waals surface area (Å²) in [5, 5.41) is 9.00. The molecule has 1 rings (SSSR count). The van der Waals surface area contributed by atoms with Crippen molar-refractivity contribution in [1.82, 2.24) is 0 Å². The van der Waals surface area contributed by atoms with Gasteiger partial charge in [-0.25, -0.2) is 0 Å². The molecule has 1 saturated carbocycles. The van der Waals surface area contributed by atoms with Gasteiger partial charge in [-0.1, -0.05) is 0 Å². The van der Waals surface area contributed by atoms with Crippen molar-refractivity contribution in [3.8, 4) is 0 Å². The van der Waals surface area contributed by atoms with E-state index in [4.69, 9.17) is 10.8 Å². The Bertz CT molecular complexity index is 71.5. The molecule has 1 aliphatic rings. The highest BCUT2D eigenvalue weighted by atomic mass is 35.5. The first kappa shape index (κ1) is 9.21. The smallest absolute Gasteiger partial charge is 0.0555 e. The summed E-state index contributed by atoms with van der Waals surface area (Å²) in [5.41, 5.74) is 5.57. The maximum Gasteiger partial charge on any atom is 0.0555 e. The van der Waals surface area contributed by atoms with Crippen molar-refractivity contribution in [3.63, 3.8) is 0 Å². The van der Waals surface area contributed by atoms with Crippen LogP contribution in [0.25, 0.3) is 0 Å². The summed E-state index contributed by atoms with van der Waals surface area (Å²) in [4.78, 5) is 0. The van der Waals surface area contributed by atoms with E-state index in [1.54, 1.807) is 0 Å².